The number of ether oxygens (including phenoxy) is 1. The number of methoxy groups -OCH3 is 1. The van der Waals surface area contributed by atoms with E-state index in [1.54, 1.807) is 22.9 Å². The van der Waals surface area contributed by atoms with Gasteiger partial charge in [0.15, 0.2) is 0 Å². The molecule has 0 atom stereocenters. The van der Waals surface area contributed by atoms with Crippen LogP contribution in [0.1, 0.15) is 13.8 Å². The minimum absolute atomic E-state index is 0.0189. The number of hydrogen-bond donors (Lipinski definition) is 1. The maximum absolute atomic E-state index is 11.4. The number of hydrogen-bond acceptors (Lipinski definition) is 4. The van der Waals surface area contributed by atoms with Gasteiger partial charge in [-0.2, -0.15) is 0 Å². The van der Waals surface area contributed by atoms with Gasteiger partial charge >= 0.3 is 6.09 Å². The fourth-order valence-electron chi connectivity index (χ4n) is 0.810. The predicted octanol–water partition coefficient (Wildman–Crippen LogP) is 1.76. The molecule has 16 heavy (non-hydrogen) atoms. The van der Waals surface area contributed by atoms with Gasteiger partial charge in [0.05, 0.1) is 12.0 Å². The Morgan fingerprint density at radius 3 is 2.12 bits per heavy atom. The second-order valence-electron chi connectivity index (χ2n) is 2.41. The quantitative estimate of drug-likeness (QED) is 0.861. The maximum atomic E-state index is 11.4. The zero-order valence-electron chi connectivity index (χ0n) is 9.43. The van der Waals surface area contributed by atoms with Gasteiger partial charge in [0.25, 0.3) is 10.0 Å². The number of carbonyl (C=O) groups is 1. The highest BCUT2D eigenvalue weighted by atomic mass is 32.2. The van der Waals surface area contributed by atoms with Gasteiger partial charge in [-0.1, -0.05) is 32.0 Å². The molecule has 90 valence electrons. The van der Waals surface area contributed by atoms with Gasteiger partial charge in [-0.05, 0) is 12.1 Å². The first-order chi connectivity index (χ1) is 7.56. The van der Waals surface area contributed by atoms with Crippen LogP contribution in [-0.4, -0.2) is 21.6 Å². The largest absolute Gasteiger partial charge is 0.452 e. The SMILES string of the molecule is CC.COC(=O)NS(=O)(=O)c1ccccc1. The minimum atomic E-state index is -3.80. The number of carbonyl (C=O) groups excluding carboxylic acids is 1. The first-order valence-corrected chi connectivity index (χ1v) is 6.20. The molecule has 1 amide bonds. The number of sulfonamides is 1. The van der Waals surface area contributed by atoms with E-state index in [2.05, 4.69) is 4.74 Å². The fourth-order valence-corrected chi connectivity index (χ4v) is 1.75. The first kappa shape index (κ1) is 14.4. The molecule has 0 aromatic heterocycles. The van der Waals surface area contributed by atoms with Crippen LogP contribution in [0.3, 0.4) is 0 Å². The number of amides is 1. The fraction of sp³-hybridized carbons (Fsp3) is 0.300. The van der Waals surface area contributed by atoms with Crippen molar-refractivity contribution >= 4 is 16.1 Å². The summed E-state index contributed by atoms with van der Waals surface area (Å²) in [4.78, 5) is 10.7. The van der Waals surface area contributed by atoms with Crippen molar-refractivity contribution in [3.63, 3.8) is 0 Å². The van der Waals surface area contributed by atoms with Crippen molar-refractivity contribution in [2.24, 2.45) is 0 Å². The third-order valence-corrected chi connectivity index (χ3v) is 2.78. The molecule has 0 radical (unpaired) electrons. The second kappa shape index (κ2) is 6.84. The van der Waals surface area contributed by atoms with Crippen LogP contribution in [0.25, 0.3) is 0 Å². The highest BCUT2D eigenvalue weighted by Gasteiger charge is 2.16. The maximum Gasteiger partial charge on any atom is 0.420 e. The van der Waals surface area contributed by atoms with E-state index >= 15 is 0 Å². The highest BCUT2D eigenvalue weighted by Crippen LogP contribution is 2.06. The van der Waals surface area contributed by atoms with E-state index in [1.165, 1.54) is 12.1 Å². The van der Waals surface area contributed by atoms with Crippen molar-refractivity contribution in [2.45, 2.75) is 18.7 Å². The summed E-state index contributed by atoms with van der Waals surface area (Å²) < 4.78 is 28.7. The van der Waals surface area contributed by atoms with E-state index in [4.69, 9.17) is 0 Å². The van der Waals surface area contributed by atoms with Gasteiger partial charge in [0, 0.05) is 0 Å². The van der Waals surface area contributed by atoms with Crippen LogP contribution in [-0.2, 0) is 14.8 Å². The lowest BCUT2D eigenvalue weighted by molar-refractivity contribution is 0.177. The van der Waals surface area contributed by atoms with Crippen LogP contribution in [0, 0.1) is 0 Å². The summed E-state index contributed by atoms with van der Waals surface area (Å²) in [6, 6.07) is 7.56. The lowest BCUT2D eigenvalue weighted by atomic mass is 10.4. The van der Waals surface area contributed by atoms with Crippen LogP contribution < -0.4 is 4.72 Å². The van der Waals surface area contributed by atoms with Crippen LogP contribution in [0.4, 0.5) is 4.79 Å². The summed E-state index contributed by atoms with van der Waals surface area (Å²) in [7, 11) is -2.70. The van der Waals surface area contributed by atoms with E-state index in [0.717, 1.165) is 7.11 Å². The zero-order chi connectivity index (χ0) is 12.6. The number of rotatable bonds is 2. The molecule has 0 aliphatic rings. The van der Waals surface area contributed by atoms with Crippen molar-refractivity contribution in [2.75, 3.05) is 7.11 Å². The third kappa shape index (κ3) is 4.31. The normalized spacial score (nSPS) is 9.69. The smallest absolute Gasteiger partial charge is 0.420 e. The topological polar surface area (TPSA) is 72.5 Å². The minimum Gasteiger partial charge on any atom is -0.452 e. The van der Waals surface area contributed by atoms with Gasteiger partial charge in [-0.3, -0.25) is 0 Å². The predicted molar refractivity (Wildman–Crippen MR) is 60.5 cm³/mol. The van der Waals surface area contributed by atoms with Crippen LogP contribution in [0.2, 0.25) is 0 Å². The van der Waals surface area contributed by atoms with Crippen LogP contribution >= 0.6 is 0 Å². The zero-order valence-corrected chi connectivity index (χ0v) is 10.2. The monoisotopic (exact) mass is 245 g/mol. The Bertz CT molecular complexity index is 414. The van der Waals surface area contributed by atoms with Crippen molar-refractivity contribution in [1.82, 2.24) is 4.72 Å². The summed E-state index contributed by atoms with van der Waals surface area (Å²) in [5.74, 6) is 0. The standard InChI is InChI=1S/C8H9NO4S.C2H6/c1-13-8(10)9-14(11,12)7-5-3-2-4-6-7;1-2/h2-6H,1H3,(H,9,10);1-2H3. The molecule has 5 nitrogen and oxygen atoms in total. The van der Waals surface area contributed by atoms with Gasteiger partial charge in [-0.25, -0.2) is 17.9 Å². The Morgan fingerprint density at radius 1 is 1.19 bits per heavy atom. The molecule has 0 saturated heterocycles. The van der Waals surface area contributed by atoms with Crippen molar-refractivity contribution < 1.29 is 17.9 Å². The van der Waals surface area contributed by atoms with E-state index in [0.29, 0.717) is 0 Å². The first-order valence-electron chi connectivity index (χ1n) is 4.72. The number of nitrogens with one attached hydrogen (secondary N) is 1. The number of benzene rings is 1. The molecular formula is C10H15NO4S. The molecule has 0 bridgehead atoms. The molecule has 6 heteroatoms. The average molecular weight is 245 g/mol. The Morgan fingerprint density at radius 2 is 1.69 bits per heavy atom. The lowest BCUT2D eigenvalue weighted by Gasteiger charge is -2.04. The molecular weight excluding hydrogens is 230 g/mol. The Labute approximate surface area is 95.5 Å². The summed E-state index contributed by atoms with van der Waals surface area (Å²) in [6.45, 7) is 4.00. The highest BCUT2D eigenvalue weighted by molar-refractivity contribution is 7.90. The van der Waals surface area contributed by atoms with Crippen LogP contribution in [0.15, 0.2) is 35.2 Å². The van der Waals surface area contributed by atoms with E-state index < -0.39 is 16.1 Å². The molecule has 1 N–H and O–H groups in total. The van der Waals surface area contributed by atoms with Gasteiger partial charge in [-0.15, -0.1) is 0 Å². The molecule has 0 spiro atoms. The molecule has 0 unspecified atom stereocenters. The lowest BCUT2D eigenvalue weighted by Crippen LogP contribution is -2.30. The van der Waals surface area contributed by atoms with Crippen molar-refractivity contribution in [3.8, 4) is 0 Å². The Kier molecular flexibility index (Phi) is 6.17. The third-order valence-electron chi connectivity index (χ3n) is 1.46. The van der Waals surface area contributed by atoms with E-state index in [-0.39, 0.29) is 4.90 Å². The summed E-state index contributed by atoms with van der Waals surface area (Å²) in [6.07, 6.45) is -1.01. The van der Waals surface area contributed by atoms with Gasteiger partial charge in [0.1, 0.15) is 0 Å². The Balaban J connectivity index is 0.00000106. The Hall–Kier alpha value is -1.56. The van der Waals surface area contributed by atoms with E-state index in [9.17, 15) is 13.2 Å². The van der Waals surface area contributed by atoms with Crippen LogP contribution in [0.5, 0.6) is 0 Å². The molecule has 1 aromatic carbocycles. The summed E-state index contributed by atoms with van der Waals surface area (Å²) in [5.41, 5.74) is 0. The molecule has 0 fully saturated rings. The molecule has 0 aliphatic carbocycles. The van der Waals surface area contributed by atoms with Gasteiger partial charge in [0.2, 0.25) is 0 Å². The molecule has 0 aliphatic heterocycles. The molecule has 0 saturated carbocycles. The molecule has 1 rings (SSSR count). The summed E-state index contributed by atoms with van der Waals surface area (Å²) in [5, 5.41) is 0. The molecule has 1 aromatic rings. The summed E-state index contributed by atoms with van der Waals surface area (Å²) >= 11 is 0. The average Bonchev–Trinajstić information content (AvgIpc) is 2.32. The van der Waals surface area contributed by atoms with E-state index in [1.807, 2.05) is 13.8 Å². The molecule has 0 heterocycles. The van der Waals surface area contributed by atoms with Crippen molar-refractivity contribution in [3.05, 3.63) is 30.3 Å². The second-order valence-corrected chi connectivity index (χ2v) is 4.09. The van der Waals surface area contributed by atoms with Crippen molar-refractivity contribution in [1.29, 1.82) is 0 Å². The van der Waals surface area contributed by atoms with Gasteiger partial charge < -0.3 is 4.74 Å².